The first-order chi connectivity index (χ1) is 6.67. The summed E-state index contributed by atoms with van der Waals surface area (Å²) in [5.74, 6) is 0.0181. The number of nitrogens with zero attached hydrogens (tertiary/aromatic N) is 1. The minimum atomic E-state index is -0.410. The van der Waals surface area contributed by atoms with E-state index in [2.05, 4.69) is 6.07 Å². The Balaban J connectivity index is 2.18. The number of hydrogen-bond donors (Lipinski definition) is 0. The summed E-state index contributed by atoms with van der Waals surface area (Å²) in [5, 5.41) is 8.83. The van der Waals surface area contributed by atoms with Crippen molar-refractivity contribution in [3.63, 3.8) is 0 Å². The van der Waals surface area contributed by atoms with Crippen molar-refractivity contribution >= 4 is 5.78 Å². The molecule has 2 heteroatoms. The maximum Gasteiger partial charge on any atom is 0.167 e. The molecular formula is C12H11NO. The molecule has 0 aromatic heterocycles. The molecule has 1 aromatic carbocycles. The van der Waals surface area contributed by atoms with Gasteiger partial charge in [0.2, 0.25) is 0 Å². The zero-order valence-electron chi connectivity index (χ0n) is 8.03. The lowest BCUT2D eigenvalue weighted by atomic mass is 10.0. The van der Waals surface area contributed by atoms with Gasteiger partial charge >= 0.3 is 0 Å². The van der Waals surface area contributed by atoms with Crippen LogP contribution in [0.1, 0.15) is 23.7 Å². The molecule has 1 saturated carbocycles. The van der Waals surface area contributed by atoms with Gasteiger partial charge in [-0.1, -0.05) is 30.3 Å². The van der Waals surface area contributed by atoms with Crippen LogP contribution in [0.3, 0.4) is 0 Å². The van der Waals surface area contributed by atoms with Gasteiger partial charge < -0.3 is 0 Å². The van der Waals surface area contributed by atoms with Crippen LogP contribution < -0.4 is 0 Å². The van der Waals surface area contributed by atoms with Gasteiger partial charge in [-0.05, 0) is 13.3 Å². The molecule has 1 aromatic rings. The van der Waals surface area contributed by atoms with Crippen LogP contribution >= 0.6 is 0 Å². The Morgan fingerprint density at radius 1 is 1.50 bits per heavy atom. The highest BCUT2D eigenvalue weighted by molar-refractivity contribution is 6.00. The molecule has 1 fully saturated rings. The van der Waals surface area contributed by atoms with E-state index in [1.807, 2.05) is 25.1 Å². The summed E-state index contributed by atoms with van der Waals surface area (Å²) in [4.78, 5) is 11.8. The number of Topliss-reactive ketones (excluding diaryl/α,β-unsaturated/α-hetero) is 1. The van der Waals surface area contributed by atoms with Crippen molar-refractivity contribution in [1.29, 1.82) is 5.26 Å². The third-order valence-corrected chi connectivity index (χ3v) is 2.87. The van der Waals surface area contributed by atoms with Gasteiger partial charge in [0.15, 0.2) is 5.78 Å². The van der Waals surface area contributed by atoms with E-state index in [0.717, 1.165) is 5.56 Å². The Bertz CT molecular complexity index is 404. The standard InChI is InChI=1S/C12H11NO/c1-12(8-13)7-10(12)11(14)9-5-3-2-4-6-9/h2-6,10H,7H2,1H3. The van der Waals surface area contributed by atoms with E-state index >= 15 is 0 Å². The fourth-order valence-corrected chi connectivity index (χ4v) is 1.67. The van der Waals surface area contributed by atoms with E-state index in [0.29, 0.717) is 6.42 Å². The first-order valence-corrected chi connectivity index (χ1v) is 4.68. The second-order valence-corrected chi connectivity index (χ2v) is 4.02. The molecule has 2 unspecified atom stereocenters. The molecule has 0 bridgehead atoms. The van der Waals surface area contributed by atoms with Crippen molar-refractivity contribution in [1.82, 2.24) is 0 Å². The van der Waals surface area contributed by atoms with Crippen LogP contribution in [0.25, 0.3) is 0 Å². The summed E-state index contributed by atoms with van der Waals surface area (Å²) in [5.41, 5.74) is 0.309. The zero-order valence-corrected chi connectivity index (χ0v) is 8.03. The van der Waals surface area contributed by atoms with Gasteiger partial charge in [0, 0.05) is 11.5 Å². The number of rotatable bonds is 2. The van der Waals surface area contributed by atoms with Gasteiger partial charge in [0.1, 0.15) is 0 Å². The summed E-state index contributed by atoms with van der Waals surface area (Å²) in [6, 6.07) is 11.4. The first-order valence-electron chi connectivity index (χ1n) is 4.68. The maximum atomic E-state index is 11.8. The Morgan fingerprint density at radius 3 is 2.64 bits per heavy atom. The first kappa shape index (κ1) is 8.96. The summed E-state index contributed by atoms with van der Waals surface area (Å²) in [7, 11) is 0. The van der Waals surface area contributed by atoms with E-state index in [1.54, 1.807) is 12.1 Å². The predicted molar refractivity (Wildman–Crippen MR) is 52.6 cm³/mol. The minimum Gasteiger partial charge on any atom is -0.294 e. The third kappa shape index (κ3) is 1.31. The number of hydrogen-bond acceptors (Lipinski definition) is 2. The zero-order chi connectivity index (χ0) is 10.2. The van der Waals surface area contributed by atoms with Gasteiger partial charge in [-0.3, -0.25) is 4.79 Å². The number of benzene rings is 1. The van der Waals surface area contributed by atoms with Gasteiger partial charge in [-0.15, -0.1) is 0 Å². The average Bonchev–Trinajstić information content (AvgIpc) is 2.92. The quantitative estimate of drug-likeness (QED) is 0.664. The molecule has 0 saturated heterocycles. The largest absolute Gasteiger partial charge is 0.294 e. The molecule has 0 aliphatic heterocycles. The van der Waals surface area contributed by atoms with Crippen LogP contribution in [0.5, 0.6) is 0 Å². The van der Waals surface area contributed by atoms with Crippen molar-refractivity contribution in [2.24, 2.45) is 11.3 Å². The molecule has 1 aliphatic rings. The van der Waals surface area contributed by atoms with E-state index in [1.165, 1.54) is 0 Å². The smallest absolute Gasteiger partial charge is 0.167 e. The summed E-state index contributed by atoms with van der Waals surface area (Å²) in [6.07, 6.45) is 0.706. The highest BCUT2D eigenvalue weighted by Gasteiger charge is 2.55. The van der Waals surface area contributed by atoms with Crippen LogP contribution in [-0.2, 0) is 0 Å². The Hall–Kier alpha value is -1.62. The van der Waals surface area contributed by atoms with Gasteiger partial charge in [0.25, 0.3) is 0 Å². The van der Waals surface area contributed by atoms with E-state index < -0.39 is 5.41 Å². The number of carbonyl (C=O) groups is 1. The van der Waals surface area contributed by atoms with Crippen molar-refractivity contribution in [3.05, 3.63) is 35.9 Å². The molecule has 1 aliphatic carbocycles. The molecule has 0 N–H and O–H groups in total. The Kier molecular flexibility index (Phi) is 1.89. The second-order valence-electron chi connectivity index (χ2n) is 4.02. The lowest BCUT2D eigenvalue weighted by Gasteiger charge is -2.00. The van der Waals surface area contributed by atoms with E-state index in [-0.39, 0.29) is 11.7 Å². The molecule has 14 heavy (non-hydrogen) atoms. The fourth-order valence-electron chi connectivity index (χ4n) is 1.67. The van der Waals surface area contributed by atoms with Crippen molar-refractivity contribution < 1.29 is 4.79 Å². The topological polar surface area (TPSA) is 40.9 Å². The van der Waals surface area contributed by atoms with Crippen LogP contribution in [-0.4, -0.2) is 5.78 Å². The molecule has 0 amide bonds. The average molecular weight is 185 g/mol. The molecule has 0 radical (unpaired) electrons. The maximum absolute atomic E-state index is 11.8. The van der Waals surface area contributed by atoms with Crippen LogP contribution in [0.15, 0.2) is 30.3 Å². The summed E-state index contributed by atoms with van der Waals surface area (Å²) < 4.78 is 0. The van der Waals surface area contributed by atoms with Gasteiger partial charge in [-0.2, -0.15) is 5.26 Å². The number of carbonyl (C=O) groups excluding carboxylic acids is 1. The van der Waals surface area contributed by atoms with Crippen molar-refractivity contribution in [2.75, 3.05) is 0 Å². The highest BCUT2D eigenvalue weighted by Crippen LogP contribution is 2.52. The monoisotopic (exact) mass is 185 g/mol. The SMILES string of the molecule is CC1(C#N)CC1C(=O)c1ccccc1. The van der Waals surface area contributed by atoms with Gasteiger partial charge in [0.05, 0.1) is 11.5 Å². The molecule has 0 heterocycles. The van der Waals surface area contributed by atoms with Crippen LogP contribution in [0.2, 0.25) is 0 Å². The molecule has 0 spiro atoms. The molecule has 2 nitrogen and oxygen atoms in total. The fraction of sp³-hybridized carbons (Fsp3) is 0.333. The van der Waals surface area contributed by atoms with Crippen molar-refractivity contribution in [3.8, 4) is 6.07 Å². The third-order valence-electron chi connectivity index (χ3n) is 2.87. The Labute approximate surface area is 83.2 Å². The second kappa shape index (κ2) is 2.95. The molecule has 2 atom stereocenters. The Morgan fingerprint density at radius 2 is 2.14 bits per heavy atom. The van der Waals surface area contributed by atoms with Crippen molar-refractivity contribution in [2.45, 2.75) is 13.3 Å². The van der Waals surface area contributed by atoms with Crippen LogP contribution in [0.4, 0.5) is 0 Å². The lowest BCUT2D eigenvalue weighted by molar-refractivity contribution is 0.0957. The molecule has 70 valence electrons. The van der Waals surface area contributed by atoms with Gasteiger partial charge in [-0.25, -0.2) is 0 Å². The molecular weight excluding hydrogens is 174 g/mol. The highest BCUT2D eigenvalue weighted by atomic mass is 16.1. The normalized spacial score (nSPS) is 29.3. The van der Waals surface area contributed by atoms with E-state index in [9.17, 15) is 4.79 Å². The number of nitriles is 1. The minimum absolute atomic E-state index is 0.0881. The van der Waals surface area contributed by atoms with Crippen LogP contribution in [0, 0.1) is 22.7 Å². The predicted octanol–water partition coefficient (Wildman–Crippen LogP) is 2.42. The lowest BCUT2D eigenvalue weighted by Crippen LogP contribution is -2.06. The number of ketones is 1. The summed E-state index contributed by atoms with van der Waals surface area (Å²) >= 11 is 0. The van der Waals surface area contributed by atoms with E-state index in [4.69, 9.17) is 5.26 Å². The molecule has 2 rings (SSSR count). The summed E-state index contributed by atoms with van der Waals surface area (Å²) in [6.45, 7) is 1.85.